The van der Waals surface area contributed by atoms with Crippen molar-refractivity contribution in [2.45, 2.75) is 354 Å². The van der Waals surface area contributed by atoms with Crippen LogP contribution in [0.3, 0.4) is 0 Å². The van der Waals surface area contributed by atoms with Crippen LogP contribution in [-0.4, -0.2) is 87.4 Å². The molecule has 2 unspecified atom stereocenters. The molecular formula is C65H128NO8+. The third-order valence-corrected chi connectivity index (χ3v) is 15.1. The van der Waals surface area contributed by atoms with Gasteiger partial charge in [0.1, 0.15) is 13.2 Å². The van der Waals surface area contributed by atoms with Gasteiger partial charge in [0.05, 0.1) is 34.4 Å². The van der Waals surface area contributed by atoms with E-state index in [0.29, 0.717) is 17.4 Å². The molecule has 0 aromatic heterocycles. The Morgan fingerprint density at radius 3 is 0.865 bits per heavy atom. The Hall–Kier alpha value is -1.71. The average Bonchev–Trinajstić information content (AvgIpc) is 3.37. The fourth-order valence-electron chi connectivity index (χ4n) is 10.1. The van der Waals surface area contributed by atoms with Gasteiger partial charge in [0.2, 0.25) is 0 Å². The van der Waals surface area contributed by atoms with Crippen molar-refractivity contribution in [3.63, 3.8) is 0 Å². The van der Waals surface area contributed by atoms with E-state index in [4.69, 9.17) is 18.9 Å². The molecule has 0 rings (SSSR count). The normalized spacial score (nSPS) is 12.6. The number of aliphatic carboxylic acids is 1. The molecule has 0 heterocycles. The number of likely N-dealkylation sites (N-methyl/N-ethyl adjacent to an activating group) is 1. The number of hydrogen-bond donors (Lipinski definition) is 1. The summed E-state index contributed by atoms with van der Waals surface area (Å²) >= 11 is 0. The zero-order valence-electron chi connectivity index (χ0n) is 50.3. The molecule has 440 valence electrons. The molecule has 0 aliphatic carbocycles. The lowest BCUT2D eigenvalue weighted by Crippen LogP contribution is -2.40. The first-order chi connectivity index (χ1) is 36.1. The largest absolute Gasteiger partial charge is 0.477 e. The zero-order chi connectivity index (χ0) is 54.1. The third-order valence-electron chi connectivity index (χ3n) is 15.1. The summed E-state index contributed by atoms with van der Waals surface area (Å²) in [4.78, 5) is 37.5. The van der Waals surface area contributed by atoms with E-state index < -0.39 is 18.4 Å². The van der Waals surface area contributed by atoms with Gasteiger partial charge >= 0.3 is 17.9 Å². The van der Waals surface area contributed by atoms with Crippen LogP contribution >= 0.6 is 0 Å². The second kappa shape index (κ2) is 57.5. The number of nitrogens with zero attached hydrogens (tertiary/aromatic N) is 1. The second-order valence-electron chi connectivity index (χ2n) is 23.8. The number of unbranched alkanes of at least 4 members (excludes halogenated alkanes) is 47. The fraction of sp³-hybridized carbons (Fsp3) is 0.954. The van der Waals surface area contributed by atoms with E-state index >= 15 is 0 Å². The van der Waals surface area contributed by atoms with E-state index in [1.807, 2.05) is 21.1 Å². The van der Waals surface area contributed by atoms with Crippen molar-refractivity contribution in [1.82, 2.24) is 0 Å². The SMILES string of the molecule is CCCCCCCCCCCCCCCCCCCCCCCCCCCCCCCCCCC(=O)OC(COC(=O)CCCCCCCCCCCCCCCCCCC)COC(OCC[N+](C)(C)C)C(=O)O. The van der Waals surface area contributed by atoms with Crippen LogP contribution < -0.4 is 0 Å². The molecule has 0 saturated carbocycles. The molecule has 74 heavy (non-hydrogen) atoms. The number of quaternary nitrogens is 1. The molecule has 2 atom stereocenters. The first-order valence-electron chi connectivity index (χ1n) is 32.7. The summed E-state index contributed by atoms with van der Waals surface area (Å²) in [6, 6.07) is 0. The maximum absolute atomic E-state index is 12.9. The molecule has 0 fully saturated rings. The van der Waals surface area contributed by atoms with Gasteiger partial charge in [-0.3, -0.25) is 9.59 Å². The van der Waals surface area contributed by atoms with Gasteiger partial charge in [0.25, 0.3) is 6.29 Å². The molecule has 0 amide bonds. The highest BCUT2D eigenvalue weighted by Crippen LogP contribution is 2.19. The van der Waals surface area contributed by atoms with E-state index in [0.717, 1.165) is 38.5 Å². The number of carbonyl (C=O) groups is 3. The van der Waals surface area contributed by atoms with Gasteiger partial charge in [-0.2, -0.15) is 0 Å². The van der Waals surface area contributed by atoms with E-state index in [1.54, 1.807) is 0 Å². The summed E-state index contributed by atoms with van der Waals surface area (Å²) in [6.45, 7) is 4.96. The zero-order valence-corrected chi connectivity index (χ0v) is 50.3. The van der Waals surface area contributed by atoms with Crippen LogP contribution in [0.15, 0.2) is 0 Å². The van der Waals surface area contributed by atoms with Crippen LogP contribution in [0.4, 0.5) is 0 Å². The van der Waals surface area contributed by atoms with Crippen LogP contribution in [0.25, 0.3) is 0 Å². The number of carboxylic acid groups (broad SMARTS) is 1. The summed E-state index contributed by atoms with van der Waals surface area (Å²) in [5.74, 6) is -1.97. The quantitative estimate of drug-likeness (QED) is 0.0278. The molecule has 0 radical (unpaired) electrons. The Kier molecular flexibility index (Phi) is 56.1. The van der Waals surface area contributed by atoms with Crippen LogP contribution in [0.5, 0.6) is 0 Å². The Labute approximate surface area is 460 Å². The lowest BCUT2D eigenvalue weighted by Gasteiger charge is -2.25. The van der Waals surface area contributed by atoms with Gasteiger partial charge < -0.3 is 28.5 Å². The molecule has 0 spiro atoms. The molecular weight excluding hydrogens is 923 g/mol. The smallest absolute Gasteiger partial charge is 0.361 e. The molecule has 0 aliphatic heterocycles. The summed E-state index contributed by atoms with van der Waals surface area (Å²) in [7, 11) is 5.99. The number of carboxylic acids is 1. The lowest BCUT2D eigenvalue weighted by molar-refractivity contribution is -0.870. The van der Waals surface area contributed by atoms with Gasteiger partial charge in [-0.15, -0.1) is 0 Å². The molecule has 9 nitrogen and oxygen atoms in total. The minimum Gasteiger partial charge on any atom is -0.477 e. The Balaban J connectivity index is 4.02. The van der Waals surface area contributed by atoms with E-state index in [-0.39, 0.29) is 38.2 Å². The first-order valence-corrected chi connectivity index (χ1v) is 32.7. The monoisotopic (exact) mass is 1050 g/mol. The number of rotatable bonds is 62. The predicted octanol–water partition coefficient (Wildman–Crippen LogP) is 19.5. The molecule has 9 heteroatoms. The first kappa shape index (κ1) is 72.3. The van der Waals surface area contributed by atoms with Gasteiger partial charge in [-0.05, 0) is 12.8 Å². The number of carbonyl (C=O) groups excluding carboxylic acids is 2. The highest BCUT2D eigenvalue weighted by atomic mass is 16.7. The molecule has 0 aliphatic rings. The average molecular weight is 1050 g/mol. The number of ether oxygens (including phenoxy) is 4. The lowest BCUT2D eigenvalue weighted by atomic mass is 10.0. The summed E-state index contributed by atoms with van der Waals surface area (Å²) in [6.07, 6.45) is 63.6. The van der Waals surface area contributed by atoms with E-state index in [1.165, 1.54) is 276 Å². The molecule has 1 N–H and O–H groups in total. The molecule has 0 bridgehead atoms. The van der Waals surface area contributed by atoms with Crippen molar-refractivity contribution in [3.05, 3.63) is 0 Å². The Bertz CT molecular complexity index is 1180. The van der Waals surface area contributed by atoms with Crippen molar-refractivity contribution in [1.29, 1.82) is 0 Å². The maximum Gasteiger partial charge on any atom is 0.361 e. The van der Waals surface area contributed by atoms with Crippen molar-refractivity contribution in [2.75, 3.05) is 47.5 Å². The highest BCUT2D eigenvalue weighted by Gasteiger charge is 2.25. The summed E-state index contributed by atoms with van der Waals surface area (Å²) < 4.78 is 22.9. The van der Waals surface area contributed by atoms with E-state index in [2.05, 4.69) is 13.8 Å². The topological polar surface area (TPSA) is 108 Å². The second-order valence-corrected chi connectivity index (χ2v) is 23.8. The van der Waals surface area contributed by atoms with Crippen molar-refractivity contribution < 1.29 is 42.9 Å². The van der Waals surface area contributed by atoms with E-state index in [9.17, 15) is 19.5 Å². The third kappa shape index (κ3) is 58.0. The van der Waals surface area contributed by atoms with Gasteiger partial charge in [0, 0.05) is 12.8 Å². The number of hydrogen-bond acceptors (Lipinski definition) is 7. The van der Waals surface area contributed by atoms with Crippen molar-refractivity contribution >= 4 is 17.9 Å². The van der Waals surface area contributed by atoms with Crippen LogP contribution in [-0.2, 0) is 33.3 Å². The predicted molar refractivity (Wildman–Crippen MR) is 314 cm³/mol. The molecule has 0 aromatic carbocycles. The Morgan fingerprint density at radius 2 is 0.608 bits per heavy atom. The number of esters is 2. The summed E-state index contributed by atoms with van der Waals surface area (Å²) in [5.41, 5.74) is 0. The highest BCUT2D eigenvalue weighted by molar-refractivity contribution is 5.71. The summed E-state index contributed by atoms with van der Waals surface area (Å²) in [5, 5.41) is 9.72. The van der Waals surface area contributed by atoms with Crippen molar-refractivity contribution in [3.8, 4) is 0 Å². The van der Waals surface area contributed by atoms with Gasteiger partial charge in [-0.25, -0.2) is 4.79 Å². The van der Waals surface area contributed by atoms with Gasteiger partial charge in [-0.1, -0.05) is 316 Å². The minimum absolute atomic E-state index is 0.172. The van der Waals surface area contributed by atoms with Crippen molar-refractivity contribution in [2.24, 2.45) is 0 Å². The standard InChI is InChI=1S/C65H127NO8/c1-6-8-10-12-14-16-18-20-22-24-25-26-27-28-29-30-31-32-33-34-35-36-37-38-40-42-44-46-48-50-52-54-56-63(68)74-61(60-73-65(64(69)70)71-58-57-66(3,4)5)59-72-62(67)55-53-51-49-47-45-43-41-39-23-21-19-17-15-13-11-9-7-2/h61,65H,6-60H2,1-5H3/p+1. The molecule has 0 saturated heterocycles. The molecule has 0 aromatic rings. The fourth-order valence-corrected chi connectivity index (χ4v) is 10.1. The van der Waals surface area contributed by atoms with Crippen LogP contribution in [0, 0.1) is 0 Å². The van der Waals surface area contributed by atoms with Crippen LogP contribution in [0.1, 0.15) is 341 Å². The Morgan fingerprint density at radius 1 is 0.351 bits per heavy atom. The minimum atomic E-state index is -1.50. The maximum atomic E-state index is 12.9. The van der Waals surface area contributed by atoms with Gasteiger partial charge in [0.15, 0.2) is 6.10 Å². The van der Waals surface area contributed by atoms with Crippen LogP contribution in [0.2, 0.25) is 0 Å².